The van der Waals surface area contributed by atoms with Crippen molar-refractivity contribution >= 4 is 17.5 Å². The van der Waals surface area contributed by atoms with Crippen molar-refractivity contribution in [2.75, 3.05) is 13.3 Å². The maximum Gasteiger partial charge on any atom is 0.254 e. The van der Waals surface area contributed by atoms with Gasteiger partial charge >= 0.3 is 0 Å². The maximum absolute atomic E-state index is 12.6. The van der Waals surface area contributed by atoms with Gasteiger partial charge in [-0.25, -0.2) is 0 Å². The van der Waals surface area contributed by atoms with Crippen LogP contribution in [-0.4, -0.2) is 29.3 Å². The van der Waals surface area contributed by atoms with Gasteiger partial charge in [-0.3, -0.25) is 4.79 Å². The van der Waals surface area contributed by atoms with E-state index >= 15 is 0 Å². The van der Waals surface area contributed by atoms with Gasteiger partial charge in [0, 0.05) is 18.7 Å². The zero-order chi connectivity index (χ0) is 16.4. The fraction of sp³-hybridized carbons (Fsp3) is 0.235. The number of aromatic hydroxyl groups is 1. The lowest BCUT2D eigenvalue weighted by atomic mass is 10.1. The largest absolute Gasteiger partial charge is 0.506 e. The molecule has 3 rings (SSSR count). The molecule has 0 bridgehead atoms. The predicted molar refractivity (Wildman–Crippen MR) is 86.1 cm³/mol. The number of rotatable bonds is 4. The summed E-state index contributed by atoms with van der Waals surface area (Å²) in [6.45, 7) is 3.13. The molecule has 5 nitrogen and oxygen atoms in total. The third-order valence-corrected chi connectivity index (χ3v) is 3.98. The SMILES string of the molecule is CCN(Cc1ccc2c(c1)OCO2)C(=O)c1ccc(O)c(Cl)c1. The maximum atomic E-state index is 12.6. The highest BCUT2D eigenvalue weighted by molar-refractivity contribution is 6.32. The summed E-state index contributed by atoms with van der Waals surface area (Å²) >= 11 is 5.88. The standard InChI is InChI=1S/C17H16ClNO4/c1-2-19(17(21)12-4-5-14(20)13(18)8-12)9-11-3-6-15-16(7-11)23-10-22-15/h3-8,20H,2,9-10H2,1H3. The molecule has 0 radical (unpaired) electrons. The first kappa shape index (κ1) is 15.5. The molecular weight excluding hydrogens is 318 g/mol. The van der Waals surface area contributed by atoms with Crippen LogP contribution in [0.4, 0.5) is 0 Å². The summed E-state index contributed by atoms with van der Waals surface area (Å²) in [4.78, 5) is 14.3. The molecule has 23 heavy (non-hydrogen) atoms. The topological polar surface area (TPSA) is 59.0 Å². The minimum absolute atomic E-state index is 0.0398. The van der Waals surface area contributed by atoms with Crippen LogP contribution in [-0.2, 0) is 6.54 Å². The van der Waals surface area contributed by atoms with Crippen LogP contribution < -0.4 is 9.47 Å². The van der Waals surface area contributed by atoms with Crippen LogP contribution in [0, 0.1) is 0 Å². The Morgan fingerprint density at radius 2 is 2.00 bits per heavy atom. The minimum Gasteiger partial charge on any atom is -0.506 e. The number of halogens is 1. The molecule has 0 aliphatic carbocycles. The molecule has 120 valence electrons. The van der Waals surface area contributed by atoms with Crippen molar-refractivity contribution in [3.63, 3.8) is 0 Å². The van der Waals surface area contributed by atoms with E-state index in [1.807, 2.05) is 25.1 Å². The fourth-order valence-corrected chi connectivity index (χ4v) is 2.59. The summed E-state index contributed by atoms with van der Waals surface area (Å²) in [5.74, 6) is 1.22. The molecule has 2 aromatic rings. The molecule has 0 fully saturated rings. The smallest absolute Gasteiger partial charge is 0.254 e. The molecule has 0 saturated heterocycles. The van der Waals surface area contributed by atoms with E-state index < -0.39 is 0 Å². The van der Waals surface area contributed by atoms with Crippen LogP contribution in [0.15, 0.2) is 36.4 Å². The Bertz CT molecular complexity index is 747. The van der Waals surface area contributed by atoms with Crippen molar-refractivity contribution in [2.45, 2.75) is 13.5 Å². The average molecular weight is 334 g/mol. The van der Waals surface area contributed by atoms with Crippen molar-refractivity contribution in [3.05, 3.63) is 52.5 Å². The van der Waals surface area contributed by atoms with Gasteiger partial charge in [0.05, 0.1) is 5.02 Å². The Labute approximate surface area is 139 Å². The van der Waals surface area contributed by atoms with E-state index in [1.165, 1.54) is 12.1 Å². The second-order valence-corrected chi connectivity index (χ2v) is 5.58. The first-order valence-corrected chi connectivity index (χ1v) is 7.62. The van der Waals surface area contributed by atoms with Gasteiger partial charge in [0.25, 0.3) is 5.91 Å². The lowest BCUT2D eigenvalue weighted by molar-refractivity contribution is 0.0752. The van der Waals surface area contributed by atoms with Crippen molar-refractivity contribution in [1.82, 2.24) is 4.90 Å². The molecule has 1 heterocycles. The lowest BCUT2D eigenvalue weighted by Crippen LogP contribution is -2.30. The Morgan fingerprint density at radius 3 is 2.74 bits per heavy atom. The summed E-state index contributed by atoms with van der Waals surface area (Å²) in [7, 11) is 0. The van der Waals surface area contributed by atoms with Gasteiger partial charge < -0.3 is 19.5 Å². The van der Waals surface area contributed by atoms with Gasteiger partial charge in [-0.15, -0.1) is 0 Å². The molecule has 0 aromatic heterocycles. The number of carbonyl (C=O) groups is 1. The van der Waals surface area contributed by atoms with Crippen LogP contribution in [0.2, 0.25) is 5.02 Å². The molecule has 0 atom stereocenters. The average Bonchev–Trinajstić information content (AvgIpc) is 3.02. The monoisotopic (exact) mass is 333 g/mol. The van der Waals surface area contributed by atoms with Crippen molar-refractivity contribution in [3.8, 4) is 17.2 Å². The number of carbonyl (C=O) groups excluding carboxylic acids is 1. The number of nitrogens with zero attached hydrogens (tertiary/aromatic N) is 1. The molecular formula is C17H16ClNO4. The van der Waals surface area contributed by atoms with Crippen LogP contribution >= 0.6 is 11.6 Å². The Balaban J connectivity index is 1.79. The third-order valence-electron chi connectivity index (χ3n) is 3.67. The number of hydrogen-bond donors (Lipinski definition) is 1. The highest BCUT2D eigenvalue weighted by Gasteiger charge is 2.18. The molecule has 1 aliphatic heterocycles. The molecule has 0 spiro atoms. The lowest BCUT2D eigenvalue weighted by Gasteiger charge is -2.21. The van der Waals surface area contributed by atoms with E-state index in [1.54, 1.807) is 11.0 Å². The molecule has 1 aliphatic rings. The van der Waals surface area contributed by atoms with Gasteiger partial charge in [0.1, 0.15) is 5.75 Å². The minimum atomic E-state index is -0.146. The molecule has 6 heteroatoms. The van der Waals surface area contributed by atoms with E-state index in [9.17, 15) is 9.90 Å². The number of amides is 1. The van der Waals surface area contributed by atoms with Gasteiger partial charge in [-0.1, -0.05) is 17.7 Å². The van der Waals surface area contributed by atoms with E-state index in [2.05, 4.69) is 0 Å². The summed E-state index contributed by atoms with van der Waals surface area (Å²) < 4.78 is 10.6. The molecule has 0 saturated carbocycles. The van der Waals surface area contributed by atoms with Crippen molar-refractivity contribution < 1.29 is 19.4 Å². The van der Waals surface area contributed by atoms with Gasteiger partial charge in [-0.05, 0) is 42.8 Å². The molecule has 1 amide bonds. The highest BCUT2D eigenvalue weighted by Crippen LogP contribution is 2.33. The van der Waals surface area contributed by atoms with Gasteiger partial charge in [0.2, 0.25) is 6.79 Å². The number of hydrogen-bond acceptors (Lipinski definition) is 4. The van der Waals surface area contributed by atoms with Crippen LogP contribution in [0.5, 0.6) is 17.2 Å². The summed E-state index contributed by atoms with van der Waals surface area (Å²) in [5.41, 5.74) is 1.39. The van der Waals surface area contributed by atoms with E-state index in [-0.39, 0.29) is 23.5 Å². The number of fused-ring (bicyclic) bond motifs is 1. The fourth-order valence-electron chi connectivity index (χ4n) is 2.41. The Morgan fingerprint density at radius 1 is 1.22 bits per heavy atom. The predicted octanol–water partition coefficient (Wildman–Crippen LogP) is 3.44. The summed E-state index contributed by atoms with van der Waals surface area (Å²) in [6, 6.07) is 10.1. The van der Waals surface area contributed by atoms with Crippen LogP contribution in [0.1, 0.15) is 22.8 Å². The second-order valence-electron chi connectivity index (χ2n) is 5.17. The zero-order valence-electron chi connectivity index (χ0n) is 12.6. The first-order chi connectivity index (χ1) is 11.1. The zero-order valence-corrected chi connectivity index (χ0v) is 13.3. The molecule has 0 unspecified atom stereocenters. The highest BCUT2D eigenvalue weighted by atomic mass is 35.5. The Hall–Kier alpha value is -2.40. The molecule has 1 N–H and O–H groups in total. The number of benzene rings is 2. The van der Waals surface area contributed by atoms with E-state index in [0.717, 1.165) is 5.56 Å². The summed E-state index contributed by atoms with van der Waals surface area (Å²) in [6.07, 6.45) is 0. The molecule has 2 aromatic carbocycles. The normalized spacial score (nSPS) is 12.3. The summed E-state index contributed by atoms with van der Waals surface area (Å²) in [5, 5.41) is 9.63. The van der Waals surface area contributed by atoms with Crippen LogP contribution in [0.3, 0.4) is 0 Å². The third kappa shape index (κ3) is 3.19. The van der Waals surface area contributed by atoms with Crippen molar-refractivity contribution in [2.24, 2.45) is 0 Å². The van der Waals surface area contributed by atoms with Gasteiger partial charge in [0.15, 0.2) is 11.5 Å². The first-order valence-electron chi connectivity index (χ1n) is 7.25. The number of phenolic OH excluding ortho intramolecular Hbond substituents is 1. The van der Waals surface area contributed by atoms with Crippen molar-refractivity contribution in [1.29, 1.82) is 0 Å². The Kier molecular flexibility index (Phi) is 4.30. The van der Waals surface area contributed by atoms with E-state index in [4.69, 9.17) is 21.1 Å². The number of phenols is 1. The van der Waals surface area contributed by atoms with Crippen LogP contribution in [0.25, 0.3) is 0 Å². The van der Waals surface area contributed by atoms with Gasteiger partial charge in [-0.2, -0.15) is 0 Å². The number of ether oxygens (including phenoxy) is 2. The van der Waals surface area contributed by atoms with E-state index in [0.29, 0.717) is 30.2 Å². The quantitative estimate of drug-likeness (QED) is 0.931. The second kappa shape index (κ2) is 6.38.